The minimum Gasteiger partial charge on any atom is -0.497 e. The van der Waals surface area contributed by atoms with Gasteiger partial charge in [0.15, 0.2) is 12.4 Å². The third-order valence-corrected chi connectivity index (χ3v) is 4.51. The van der Waals surface area contributed by atoms with Gasteiger partial charge in [-0.2, -0.15) is 0 Å². The zero-order valence-electron chi connectivity index (χ0n) is 17.7. The Labute approximate surface area is 192 Å². The number of nitro benzene ring substituents is 2. The Bertz CT molecular complexity index is 1240. The Balaban J connectivity index is 1.67. The lowest BCUT2D eigenvalue weighted by atomic mass is 10.2. The summed E-state index contributed by atoms with van der Waals surface area (Å²) in [7, 11) is 1.51. The molecule has 3 aromatic carbocycles. The van der Waals surface area contributed by atoms with E-state index in [2.05, 4.69) is 10.6 Å². The van der Waals surface area contributed by atoms with Gasteiger partial charge in [-0.1, -0.05) is 12.1 Å². The topological polar surface area (TPSA) is 163 Å². The number of ether oxygens (including phenoxy) is 2. The van der Waals surface area contributed by atoms with Crippen molar-refractivity contribution in [3.63, 3.8) is 0 Å². The van der Waals surface area contributed by atoms with Crippen LogP contribution in [0.2, 0.25) is 0 Å². The normalized spacial score (nSPS) is 10.1. The van der Waals surface area contributed by atoms with Gasteiger partial charge >= 0.3 is 5.69 Å². The summed E-state index contributed by atoms with van der Waals surface area (Å²) in [6.45, 7) is -0.612. The Morgan fingerprint density at radius 3 is 2.12 bits per heavy atom. The van der Waals surface area contributed by atoms with E-state index in [1.807, 2.05) is 0 Å². The molecule has 0 unspecified atom stereocenters. The summed E-state index contributed by atoms with van der Waals surface area (Å²) in [6.07, 6.45) is 0. The molecule has 0 aliphatic heterocycles. The first-order valence-electron chi connectivity index (χ1n) is 9.68. The zero-order valence-corrected chi connectivity index (χ0v) is 17.7. The van der Waals surface area contributed by atoms with E-state index in [1.165, 1.54) is 7.11 Å². The average Bonchev–Trinajstić information content (AvgIpc) is 2.83. The first-order chi connectivity index (χ1) is 16.3. The van der Waals surface area contributed by atoms with Gasteiger partial charge < -0.3 is 20.1 Å². The smallest absolute Gasteiger partial charge is 0.317 e. The van der Waals surface area contributed by atoms with Crippen molar-refractivity contribution in [1.29, 1.82) is 0 Å². The van der Waals surface area contributed by atoms with Crippen molar-refractivity contribution >= 4 is 34.6 Å². The Kier molecular flexibility index (Phi) is 7.34. The zero-order chi connectivity index (χ0) is 24.7. The molecule has 3 rings (SSSR count). The van der Waals surface area contributed by atoms with E-state index < -0.39 is 39.6 Å². The number of amides is 2. The van der Waals surface area contributed by atoms with Crippen LogP contribution in [0.25, 0.3) is 0 Å². The second kappa shape index (κ2) is 10.5. The second-order valence-electron chi connectivity index (χ2n) is 6.73. The maximum absolute atomic E-state index is 12.5. The molecular weight excluding hydrogens is 448 g/mol. The highest BCUT2D eigenvalue weighted by Gasteiger charge is 2.21. The molecule has 34 heavy (non-hydrogen) atoms. The number of carbonyl (C=O) groups excluding carboxylic acids is 2. The Morgan fingerprint density at radius 1 is 0.882 bits per heavy atom. The Morgan fingerprint density at radius 2 is 1.53 bits per heavy atom. The standard InChI is InChI=1S/C22H18N4O8/c1-33-16-9-6-14(7-10-16)22(28)24-18-5-3-2-4-17(18)23-21(27)13-34-20-11-8-15(25(29)30)12-19(20)26(31)32/h2-12H,13H2,1H3,(H,23,27)(H,24,28). The van der Waals surface area contributed by atoms with Crippen LogP contribution in [0, 0.1) is 20.2 Å². The van der Waals surface area contributed by atoms with E-state index in [4.69, 9.17) is 9.47 Å². The molecule has 0 radical (unpaired) electrons. The number of carbonyl (C=O) groups is 2. The molecule has 2 amide bonds. The fourth-order valence-corrected chi connectivity index (χ4v) is 2.85. The van der Waals surface area contributed by atoms with Crippen LogP contribution >= 0.6 is 0 Å². The summed E-state index contributed by atoms with van der Waals surface area (Å²) < 4.78 is 10.3. The lowest BCUT2D eigenvalue weighted by molar-refractivity contribution is -0.394. The number of non-ortho nitro benzene ring substituents is 1. The van der Waals surface area contributed by atoms with Crippen LogP contribution < -0.4 is 20.1 Å². The fourth-order valence-electron chi connectivity index (χ4n) is 2.85. The van der Waals surface area contributed by atoms with Crippen molar-refractivity contribution in [2.75, 3.05) is 24.4 Å². The Hall–Kier alpha value is -5.00. The van der Waals surface area contributed by atoms with Crippen molar-refractivity contribution < 1.29 is 28.9 Å². The average molecular weight is 466 g/mol. The minimum atomic E-state index is -0.843. The number of nitrogens with zero attached hydrogens (tertiary/aromatic N) is 2. The molecule has 3 aromatic rings. The van der Waals surface area contributed by atoms with Gasteiger partial charge in [0, 0.05) is 11.6 Å². The van der Waals surface area contributed by atoms with Crippen LogP contribution in [-0.2, 0) is 4.79 Å². The number of para-hydroxylation sites is 2. The van der Waals surface area contributed by atoms with Gasteiger partial charge in [0.2, 0.25) is 0 Å². The van der Waals surface area contributed by atoms with E-state index in [9.17, 15) is 29.8 Å². The molecule has 0 fully saturated rings. The molecule has 0 saturated heterocycles. The van der Waals surface area contributed by atoms with Crippen LogP contribution in [0.5, 0.6) is 11.5 Å². The van der Waals surface area contributed by atoms with Crippen LogP contribution in [0.3, 0.4) is 0 Å². The largest absolute Gasteiger partial charge is 0.497 e. The number of anilines is 2. The lowest BCUT2D eigenvalue weighted by Crippen LogP contribution is -2.22. The first kappa shape index (κ1) is 23.7. The molecule has 0 spiro atoms. The molecule has 0 aromatic heterocycles. The van der Waals surface area contributed by atoms with Crippen molar-refractivity contribution in [3.05, 3.63) is 92.5 Å². The van der Waals surface area contributed by atoms with E-state index in [-0.39, 0.29) is 11.4 Å². The molecule has 0 aliphatic rings. The summed E-state index contributed by atoms with van der Waals surface area (Å²) in [5.74, 6) is -0.787. The molecule has 0 aliphatic carbocycles. The first-order valence-corrected chi connectivity index (χ1v) is 9.68. The number of nitro groups is 2. The number of methoxy groups -OCH3 is 1. The number of benzene rings is 3. The van der Waals surface area contributed by atoms with Crippen molar-refractivity contribution in [2.24, 2.45) is 0 Å². The van der Waals surface area contributed by atoms with Crippen LogP contribution in [0.4, 0.5) is 22.7 Å². The van der Waals surface area contributed by atoms with Crippen LogP contribution in [0.15, 0.2) is 66.7 Å². The molecular formula is C22H18N4O8. The predicted molar refractivity (Wildman–Crippen MR) is 121 cm³/mol. The monoisotopic (exact) mass is 466 g/mol. The highest BCUT2D eigenvalue weighted by molar-refractivity contribution is 6.07. The van der Waals surface area contributed by atoms with Gasteiger partial charge in [-0.3, -0.25) is 29.8 Å². The third-order valence-electron chi connectivity index (χ3n) is 4.51. The molecule has 0 heterocycles. The number of hydrogen-bond acceptors (Lipinski definition) is 8. The van der Waals surface area contributed by atoms with Crippen LogP contribution in [-0.4, -0.2) is 35.4 Å². The lowest BCUT2D eigenvalue weighted by Gasteiger charge is -2.13. The van der Waals surface area contributed by atoms with Gasteiger partial charge in [-0.25, -0.2) is 0 Å². The van der Waals surface area contributed by atoms with Crippen LogP contribution in [0.1, 0.15) is 10.4 Å². The SMILES string of the molecule is COc1ccc(C(=O)Nc2ccccc2NC(=O)COc2ccc([N+](=O)[O-])cc2[N+](=O)[O-])cc1. The van der Waals surface area contributed by atoms with Gasteiger partial charge in [-0.15, -0.1) is 0 Å². The van der Waals surface area contributed by atoms with E-state index in [1.54, 1.807) is 48.5 Å². The third kappa shape index (κ3) is 5.82. The fraction of sp³-hybridized carbons (Fsp3) is 0.0909. The summed E-state index contributed by atoms with van der Waals surface area (Å²) in [4.78, 5) is 45.3. The molecule has 2 N–H and O–H groups in total. The number of rotatable bonds is 9. The molecule has 174 valence electrons. The van der Waals surface area contributed by atoms with Gasteiger partial charge in [0.1, 0.15) is 5.75 Å². The van der Waals surface area contributed by atoms with E-state index in [0.29, 0.717) is 17.0 Å². The quantitative estimate of drug-likeness (QED) is 0.355. The highest BCUT2D eigenvalue weighted by atomic mass is 16.6. The van der Waals surface area contributed by atoms with Gasteiger partial charge in [0.25, 0.3) is 17.5 Å². The number of hydrogen-bond donors (Lipinski definition) is 2. The molecule has 12 nitrogen and oxygen atoms in total. The van der Waals surface area contributed by atoms with E-state index >= 15 is 0 Å². The summed E-state index contributed by atoms with van der Waals surface area (Å²) in [5.41, 5.74) is -0.163. The molecule has 12 heteroatoms. The van der Waals surface area contributed by atoms with Crippen molar-refractivity contribution in [3.8, 4) is 11.5 Å². The summed E-state index contributed by atoms with van der Waals surface area (Å²) in [6, 6.07) is 15.7. The molecule has 0 saturated carbocycles. The maximum atomic E-state index is 12.5. The second-order valence-corrected chi connectivity index (χ2v) is 6.73. The van der Waals surface area contributed by atoms with Crippen molar-refractivity contribution in [2.45, 2.75) is 0 Å². The maximum Gasteiger partial charge on any atom is 0.317 e. The van der Waals surface area contributed by atoms with E-state index in [0.717, 1.165) is 18.2 Å². The number of nitrogens with one attached hydrogen (secondary N) is 2. The molecule has 0 atom stereocenters. The van der Waals surface area contributed by atoms with Crippen molar-refractivity contribution in [1.82, 2.24) is 0 Å². The summed E-state index contributed by atoms with van der Waals surface area (Å²) in [5, 5.41) is 27.3. The highest BCUT2D eigenvalue weighted by Crippen LogP contribution is 2.31. The minimum absolute atomic E-state index is 0.274. The van der Waals surface area contributed by atoms with Gasteiger partial charge in [-0.05, 0) is 42.5 Å². The predicted octanol–water partition coefficient (Wildman–Crippen LogP) is 3.78. The van der Waals surface area contributed by atoms with Gasteiger partial charge in [0.05, 0.1) is 34.4 Å². The summed E-state index contributed by atoms with van der Waals surface area (Å²) >= 11 is 0. The molecule has 0 bridgehead atoms.